The summed E-state index contributed by atoms with van der Waals surface area (Å²) in [6, 6.07) is 3.47. The minimum Gasteiger partial charge on any atom is -0.378 e. The standard InChI is InChI=1S/C12H13F2N3/c1-8-9(7-17(2)16-8)6-15-12-4-3-10(13)5-11(12)14/h3-5,7,15H,6H2,1-2H3. The first-order chi connectivity index (χ1) is 8.06. The van der Waals surface area contributed by atoms with E-state index in [-0.39, 0.29) is 5.69 Å². The summed E-state index contributed by atoms with van der Waals surface area (Å²) in [4.78, 5) is 0. The molecule has 0 atom stereocenters. The number of halogens is 2. The van der Waals surface area contributed by atoms with Gasteiger partial charge in [0.1, 0.15) is 11.6 Å². The summed E-state index contributed by atoms with van der Waals surface area (Å²) in [5, 5.41) is 7.10. The largest absolute Gasteiger partial charge is 0.378 e. The Morgan fingerprint density at radius 3 is 2.71 bits per heavy atom. The molecule has 17 heavy (non-hydrogen) atoms. The molecular weight excluding hydrogens is 224 g/mol. The molecule has 3 nitrogen and oxygen atoms in total. The molecule has 0 fully saturated rings. The van der Waals surface area contributed by atoms with Crippen LogP contribution in [0.25, 0.3) is 0 Å². The van der Waals surface area contributed by atoms with Gasteiger partial charge >= 0.3 is 0 Å². The van der Waals surface area contributed by atoms with E-state index in [4.69, 9.17) is 0 Å². The average molecular weight is 237 g/mol. The van der Waals surface area contributed by atoms with Crippen molar-refractivity contribution >= 4 is 5.69 Å². The maximum Gasteiger partial charge on any atom is 0.149 e. The van der Waals surface area contributed by atoms with Crippen molar-refractivity contribution in [3.63, 3.8) is 0 Å². The van der Waals surface area contributed by atoms with Crippen molar-refractivity contribution in [2.45, 2.75) is 13.5 Å². The van der Waals surface area contributed by atoms with E-state index in [2.05, 4.69) is 10.4 Å². The van der Waals surface area contributed by atoms with Crippen molar-refractivity contribution < 1.29 is 8.78 Å². The first-order valence-corrected chi connectivity index (χ1v) is 5.24. The molecule has 5 heteroatoms. The predicted octanol–water partition coefficient (Wildman–Crippen LogP) is 2.62. The van der Waals surface area contributed by atoms with Gasteiger partial charge in [0.15, 0.2) is 0 Å². The highest BCUT2D eigenvalue weighted by atomic mass is 19.1. The molecule has 0 bridgehead atoms. The SMILES string of the molecule is Cc1nn(C)cc1CNc1ccc(F)cc1F. The molecule has 0 amide bonds. The highest BCUT2D eigenvalue weighted by Gasteiger charge is 2.06. The van der Waals surface area contributed by atoms with Crippen LogP contribution in [0.15, 0.2) is 24.4 Å². The number of nitrogens with one attached hydrogen (secondary N) is 1. The second-order valence-corrected chi connectivity index (χ2v) is 3.89. The molecule has 2 aromatic rings. The number of hydrogen-bond acceptors (Lipinski definition) is 2. The minimum atomic E-state index is -0.591. The van der Waals surface area contributed by atoms with Crippen LogP contribution in [0.3, 0.4) is 0 Å². The molecule has 1 heterocycles. The zero-order valence-corrected chi connectivity index (χ0v) is 9.67. The number of rotatable bonds is 3. The van der Waals surface area contributed by atoms with E-state index < -0.39 is 11.6 Å². The molecule has 0 aliphatic rings. The third-order valence-electron chi connectivity index (χ3n) is 2.52. The minimum absolute atomic E-state index is 0.287. The summed E-state index contributed by atoms with van der Waals surface area (Å²) in [5.41, 5.74) is 2.16. The second-order valence-electron chi connectivity index (χ2n) is 3.89. The van der Waals surface area contributed by atoms with Crippen molar-refractivity contribution in [2.24, 2.45) is 7.05 Å². The third kappa shape index (κ3) is 2.61. The van der Waals surface area contributed by atoms with Crippen LogP contribution in [-0.2, 0) is 13.6 Å². The molecule has 0 aliphatic heterocycles. The molecule has 0 radical (unpaired) electrons. The van der Waals surface area contributed by atoms with E-state index in [0.717, 1.165) is 17.3 Å². The molecular formula is C12H13F2N3. The van der Waals surface area contributed by atoms with E-state index in [1.807, 2.05) is 20.2 Å². The quantitative estimate of drug-likeness (QED) is 0.889. The first-order valence-electron chi connectivity index (χ1n) is 5.24. The first kappa shape index (κ1) is 11.6. The van der Waals surface area contributed by atoms with Crippen molar-refractivity contribution in [3.05, 3.63) is 47.3 Å². The van der Waals surface area contributed by atoms with Crippen molar-refractivity contribution in [1.29, 1.82) is 0 Å². The summed E-state index contributed by atoms with van der Waals surface area (Å²) >= 11 is 0. The second kappa shape index (κ2) is 4.53. The summed E-state index contributed by atoms with van der Waals surface area (Å²) < 4.78 is 27.7. The van der Waals surface area contributed by atoms with Crippen LogP contribution in [0, 0.1) is 18.6 Å². The highest BCUT2D eigenvalue weighted by molar-refractivity contribution is 5.45. The maximum atomic E-state index is 13.3. The fourth-order valence-electron chi connectivity index (χ4n) is 1.65. The Balaban J connectivity index is 2.10. The third-order valence-corrected chi connectivity index (χ3v) is 2.52. The Labute approximate surface area is 98.1 Å². The number of nitrogens with zero attached hydrogens (tertiary/aromatic N) is 2. The van der Waals surface area contributed by atoms with Crippen molar-refractivity contribution in [3.8, 4) is 0 Å². The van der Waals surface area contributed by atoms with Crippen LogP contribution in [-0.4, -0.2) is 9.78 Å². The fraction of sp³-hybridized carbons (Fsp3) is 0.250. The lowest BCUT2D eigenvalue weighted by Gasteiger charge is -2.06. The Morgan fingerprint density at radius 1 is 1.35 bits per heavy atom. The number of benzene rings is 1. The summed E-state index contributed by atoms with van der Waals surface area (Å²) in [6.07, 6.45) is 1.86. The molecule has 0 unspecified atom stereocenters. The fourth-order valence-corrected chi connectivity index (χ4v) is 1.65. The Bertz CT molecular complexity index is 535. The molecule has 90 valence electrons. The molecule has 0 saturated heterocycles. The van der Waals surface area contributed by atoms with Crippen LogP contribution in [0.5, 0.6) is 0 Å². The summed E-state index contributed by atoms with van der Waals surface area (Å²) in [5.74, 6) is -1.17. The lowest BCUT2D eigenvalue weighted by Crippen LogP contribution is -2.02. The Hall–Kier alpha value is -1.91. The normalized spacial score (nSPS) is 10.6. The van der Waals surface area contributed by atoms with Crippen molar-refractivity contribution in [1.82, 2.24) is 9.78 Å². The van der Waals surface area contributed by atoms with E-state index in [1.165, 1.54) is 12.1 Å². The molecule has 0 saturated carbocycles. The zero-order chi connectivity index (χ0) is 12.4. The summed E-state index contributed by atoms with van der Waals surface area (Å²) in [6.45, 7) is 2.35. The van der Waals surface area contributed by atoms with Crippen molar-refractivity contribution in [2.75, 3.05) is 5.32 Å². The molecule has 1 aromatic carbocycles. The zero-order valence-electron chi connectivity index (χ0n) is 9.67. The number of aryl methyl sites for hydroxylation is 2. The van der Waals surface area contributed by atoms with Gasteiger partial charge in [-0.25, -0.2) is 8.78 Å². The number of anilines is 1. The van der Waals surface area contributed by atoms with Crippen LogP contribution < -0.4 is 5.32 Å². The van der Waals surface area contributed by atoms with Gasteiger partial charge in [0.2, 0.25) is 0 Å². The van der Waals surface area contributed by atoms with Gasteiger partial charge in [-0.1, -0.05) is 0 Å². The molecule has 2 rings (SSSR count). The lowest BCUT2D eigenvalue weighted by molar-refractivity contribution is 0.585. The summed E-state index contributed by atoms with van der Waals surface area (Å²) in [7, 11) is 1.83. The molecule has 1 N–H and O–H groups in total. The molecule has 0 spiro atoms. The Kier molecular flexibility index (Phi) is 3.08. The Morgan fingerprint density at radius 2 is 2.12 bits per heavy atom. The van der Waals surface area contributed by atoms with E-state index in [0.29, 0.717) is 6.54 Å². The lowest BCUT2D eigenvalue weighted by atomic mass is 10.2. The van der Waals surface area contributed by atoms with Gasteiger partial charge in [0, 0.05) is 31.4 Å². The van der Waals surface area contributed by atoms with Crippen LogP contribution in [0.4, 0.5) is 14.5 Å². The van der Waals surface area contributed by atoms with Gasteiger partial charge in [0.05, 0.1) is 11.4 Å². The molecule has 0 aliphatic carbocycles. The van der Waals surface area contributed by atoms with Gasteiger partial charge in [-0.3, -0.25) is 4.68 Å². The molecule has 1 aromatic heterocycles. The van der Waals surface area contributed by atoms with Crippen LogP contribution in [0.2, 0.25) is 0 Å². The monoisotopic (exact) mass is 237 g/mol. The van der Waals surface area contributed by atoms with E-state index in [1.54, 1.807) is 4.68 Å². The van der Waals surface area contributed by atoms with Crippen LogP contribution in [0.1, 0.15) is 11.3 Å². The topological polar surface area (TPSA) is 29.9 Å². The maximum absolute atomic E-state index is 13.3. The predicted molar refractivity (Wildman–Crippen MR) is 61.6 cm³/mol. The average Bonchev–Trinajstić information content (AvgIpc) is 2.56. The number of aromatic nitrogens is 2. The van der Waals surface area contributed by atoms with Gasteiger partial charge in [-0.2, -0.15) is 5.10 Å². The van der Waals surface area contributed by atoms with Gasteiger partial charge < -0.3 is 5.32 Å². The van der Waals surface area contributed by atoms with Gasteiger partial charge in [0.25, 0.3) is 0 Å². The van der Waals surface area contributed by atoms with E-state index >= 15 is 0 Å². The van der Waals surface area contributed by atoms with Gasteiger partial charge in [-0.15, -0.1) is 0 Å². The number of hydrogen-bond donors (Lipinski definition) is 1. The smallest absolute Gasteiger partial charge is 0.149 e. The van der Waals surface area contributed by atoms with Crippen LogP contribution >= 0.6 is 0 Å². The highest BCUT2D eigenvalue weighted by Crippen LogP contribution is 2.16. The van der Waals surface area contributed by atoms with Gasteiger partial charge in [-0.05, 0) is 19.1 Å². The van der Waals surface area contributed by atoms with E-state index in [9.17, 15) is 8.78 Å².